The van der Waals surface area contributed by atoms with Gasteiger partial charge in [0.05, 0.1) is 13.7 Å². The van der Waals surface area contributed by atoms with Gasteiger partial charge in [-0.2, -0.15) is 0 Å². The van der Waals surface area contributed by atoms with Crippen LogP contribution in [-0.4, -0.2) is 32.1 Å². The summed E-state index contributed by atoms with van der Waals surface area (Å²) in [5, 5.41) is 5.49. The molecule has 6 heteroatoms. The molecule has 2 amide bonds. The van der Waals surface area contributed by atoms with Crippen molar-refractivity contribution in [2.24, 2.45) is 0 Å². The van der Waals surface area contributed by atoms with Gasteiger partial charge in [-0.1, -0.05) is 25.5 Å². The number of ether oxygens (including phenoxy) is 2. The number of nitrogens with one attached hydrogen (secondary N) is 2. The molecule has 2 aromatic rings. The molecule has 0 fully saturated rings. The van der Waals surface area contributed by atoms with E-state index in [1.807, 2.05) is 25.1 Å². The van der Waals surface area contributed by atoms with Gasteiger partial charge in [0.25, 0.3) is 5.91 Å². The molecule has 29 heavy (non-hydrogen) atoms. The van der Waals surface area contributed by atoms with Crippen LogP contribution >= 0.6 is 0 Å². The van der Waals surface area contributed by atoms with Crippen molar-refractivity contribution in [2.45, 2.75) is 26.7 Å². The van der Waals surface area contributed by atoms with E-state index in [2.05, 4.69) is 17.6 Å². The maximum atomic E-state index is 12.2. The van der Waals surface area contributed by atoms with Gasteiger partial charge in [0.1, 0.15) is 0 Å². The number of carbonyl (C=O) groups excluding carboxylic acids is 2. The van der Waals surface area contributed by atoms with Crippen LogP contribution in [0, 0.1) is 0 Å². The highest BCUT2D eigenvalue weighted by Crippen LogP contribution is 2.28. The molecular weight excluding hydrogens is 368 g/mol. The van der Waals surface area contributed by atoms with Gasteiger partial charge in [0.15, 0.2) is 11.5 Å². The van der Waals surface area contributed by atoms with Crippen molar-refractivity contribution >= 4 is 23.6 Å². The number of hydrogen-bond acceptors (Lipinski definition) is 4. The number of methoxy groups -OCH3 is 1. The smallest absolute Gasteiger partial charge is 0.251 e. The molecule has 6 nitrogen and oxygen atoms in total. The second-order valence-corrected chi connectivity index (χ2v) is 6.38. The lowest BCUT2D eigenvalue weighted by molar-refractivity contribution is -0.111. The Bertz CT molecular complexity index is 862. The maximum Gasteiger partial charge on any atom is 0.251 e. The fourth-order valence-electron chi connectivity index (χ4n) is 2.59. The molecule has 0 atom stereocenters. The van der Waals surface area contributed by atoms with Gasteiger partial charge in [-0.15, -0.1) is 0 Å². The van der Waals surface area contributed by atoms with Crippen LogP contribution in [0.15, 0.2) is 48.5 Å². The largest absolute Gasteiger partial charge is 0.493 e. The quantitative estimate of drug-likeness (QED) is 0.464. The Kier molecular flexibility index (Phi) is 8.76. The van der Waals surface area contributed by atoms with Crippen LogP contribution in [0.4, 0.5) is 5.69 Å². The predicted molar refractivity (Wildman–Crippen MR) is 116 cm³/mol. The molecule has 0 saturated carbocycles. The molecule has 0 saturated heterocycles. The monoisotopic (exact) mass is 396 g/mol. The number of carbonyl (C=O) groups is 2. The van der Waals surface area contributed by atoms with Crippen molar-refractivity contribution in [3.63, 3.8) is 0 Å². The minimum atomic E-state index is -0.291. The van der Waals surface area contributed by atoms with Crippen molar-refractivity contribution in [1.29, 1.82) is 0 Å². The molecule has 0 aliphatic carbocycles. The summed E-state index contributed by atoms with van der Waals surface area (Å²) < 4.78 is 11.1. The van der Waals surface area contributed by atoms with E-state index in [9.17, 15) is 9.59 Å². The predicted octanol–water partition coefficient (Wildman–Crippen LogP) is 4.28. The van der Waals surface area contributed by atoms with Gasteiger partial charge < -0.3 is 20.1 Å². The zero-order valence-electron chi connectivity index (χ0n) is 17.2. The number of rotatable bonds is 10. The molecule has 0 unspecified atom stereocenters. The van der Waals surface area contributed by atoms with Crippen molar-refractivity contribution in [3.8, 4) is 11.5 Å². The van der Waals surface area contributed by atoms with Crippen LogP contribution in [-0.2, 0) is 4.79 Å². The molecule has 0 heterocycles. The highest BCUT2D eigenvalue weighted by atomic mass is 16.5. The van der Waals surface area contributed by atoms with Crippen LogP contribution in [0.1, 0.15) is 42.6 Å². The Morgan fingerprint density at radius 2 is 1.90 bits per heavy atom. The van der Waals surface area contributed by atoms with Crippen molar-refractivity contribution < 1.29 is 19.1 Å². The summed E-state index contributed by atoms with van der Waals surface area (Å²) in [5.41, 5.74) is 1.87. The van der Waals surface area contributed by atoms with E-state index >= 15 is 0 Å². The molecule has 2 N–H and O–H groups in total. The third-order valence-electron chi connectivity index (χ3n) is 4.10. The highest BCUT2D eigenvalue weighted by molar-refractivity contribution is 6.03. The molecule has 2 rings (SSSR count). The second-order valence-electron chi connectivity index (χ2n) is 6.38. The average molecular weight is 396 g/mol. The lowest BCUT2D eigenvalue weighted by atomic mass is 10.1. The molecule has 0 aliphatic heterocycles. The van der Waals surface area contributed by atoms with Gasteiger partial charge in [0.2, 0.25) is 5.91 Å². The molecular formula is C23H28N2O4. The molecule has 0 aromatic heterocycles. The van der Waals surface area contributed by atoms with Gasteiger partial charge in [-0.3, -0.25) is 9.59 Å². The second kappa shape index (κ2) is 11.5. The molecule has 0 bridgehead atoms. The van der Waals surface area contributed by atoms with Gasteiger partial charge >= 0.3 is 0 Å². The normalized spacial score (nSPS) is 10.6. The van der Waals surface area contributed by atoms with Gasteiger partial charge in [-0.25, -0.2) is 0 Å². The third kappa shape index (κ3) is 6.99. The van der Waals surface area contributed by atoms with E-state index in [4.69, 9.17) is 9.47 Å². The zero-order chi connectivity index (χ0) is 21.1. The minimum Gasteiger partial charge on any atom is -0.493 e. The zero-order valence-corrected chi connectivity index (χ0v) is 17.2. The van der Waals surface area contributed by atoms with Crippen molar-refractivity contribution in [3.05, 3.63) is 59.7 Å². The first-order valence-corrected chi connectivity index (χ1v) is 9.75. The lowest BCUT2D eigenvalue weighted by Gasteiger charge is -2.11. The number of anilines is 1. The first kappa shape index (κ1) is 22.0. The van der Waals surface area contributed by atoms with Crippen LogP contribution in [0.3, 0.4) is 0 Å². The molecule has 2 aromatic carbocycles. The van der Waals surface area contributed by atoms with E-state index < -0.39 is 0 Å². The van der Waals surface area contributed by atoms with Crippen LogP contribution in [0.25, 0.3) is 6.08 Å². The third-order valence-corrected chi connectivity index (χ3v) is 4.10. The van der Waals surface area contributed by atoms with E-state index in [-0.39, 0.29) is 11.8 Å². The number of unbranched alkanes of at least 4 members (excludes halogenated alkanes) is 1. The molecule has 0 aliphatic rings. The van der Waals surface area contributed by atoms with Gasteiger partial charge in [-0.05, 0) is 55.3 Å². The number of amides is 2. The summed E-state index contributed by atoms with van der Waals surface area (Å²) in [6.07, 6.45) is 5.17. The summed E-state index contributed by atoms with van der Waals surface area (Å²) in [6, 6.07) is 12.3. The Labute approximate surface area is 171 Å². The molecule has 0 radical (unpaired) electrons. The van der Waals surface area contributed by atoms with E-state index in [1.165, 1.54) is 6.08 Å². The fourth-order valence-corrected chi connectivity index (χ4v) is 2.59. The van der Waals surface area contributed by atoms with E-state index in [0.29, 0.717) is 35.9 Å². The summed E-state index contributed by atoms with van der Waals surface area (Å²) in [5.74, 6) is 0.843. The van der Waals surface area contributed by atoms with Gasteiger partial charge in [0, 0.05) is 23.9 Å². The average Bonchev–Trinajstić information content (AvgIpc) is 2.73. The summed E-state index contributed by atoms with van der Waals surface area (Å²) in [7, 11) is 1.59. The summed E-state index contributed by atoms with van der Waals surface area (Å²) in [6.45, 7) is 5.15. The van der Waals surface area contributed by atoms with Crippen LogP contribution in [0.5, 0.6) is 11.5 Å². The first-order chi connectivity index (χ1) is 14.1. The SMILES string of the molecule is CCCCOc1ccc(/C=C/C(=O)Nc2cccc(C(=O)NCC)c2)cc1OC. The van der Waals surface area contributed by atoms with E-state index in [1.54, 1.807) is 37.5 Å². The first-order valence-electron chi connectivity index (χ1n) is 9.75. The Morgan fingerprint density at radius 1 is 1.07 bits per heavy atom. The topological polar surface area (TPSA) is 76.7 Å². The maximum absolute atomic E-state index is 12.2. The molecule has 0 spiro atoms. The fraction of sp³-hybridized carbons (Fsp3) is 0.304. The number of hydrogen-bond donors (Lipinski definition) is 2. The Morgan fingerprint density at radius 3 is 2.62 bits per heavy atom. The lowest BCUT2D eigenvalue weighted by Crippen LogP contribution is -2.22. The summed E-state index contributed by atoms with van der Waals surface area (Å²) >= 11 is 0. The molecule has 154 valence electrons. The van der Waals surface area contributed by atoms with Crippen molar-refractivity contribution in [2.75, 3.05) is 25.6 Å². The van der Waals surface area contributed by atoms with E-state index in [0.717, 1.165) is 18.4 Å². The van der Waals surface area contributed by atoms with Crippen molar-refractivity contribution in [1.82, 2.24) is 5.32 Å². The van der Waals surface area contributed by atoms with Crippen LogP contribution in [0.2, 0.25) is 0 Å². The summed E-state index contributed by atoms with van der Waals surface area (Å²) in [4.78, 5) is 24.1. The number of benzene rings is 2. The van der Waals surface area contributed by atoms with Crippen LogP contribution < -0.4 is 20.1 Å². The minimum absolute atomic E-state index is 0.174. The highest BCUT2D eigenvalue weighted by Gasteiger charge is 2.07. The Hall–Kier alpha value is -3.28. The Balaban J connectivity index is 2.01. The standard InChI is InChI=1S/C23H28N2O4/c1-4-6-14-29-20-12-10-17(15-21(20)28-3)11-13-22(26)25-19-9-7-8-18(16-19)23(27)24-5-2/h7-13,15-16H,4-6,14H2,1-3H3,(H,24,27)(H,25,26)/b13-11+.